The second-order valence-electron chi connectivity index (χ2n) is 4.91. The fourth-order valence-corrected chi connectivity index (χ4v) is 2.50. The maximum atomic E-state index is 12.8. The number of nitrogens with two attached hydrogens (primary N) is 1. The monoisotopic (exact) mass is 413 g/mol. The van der Waals surface area contributed by atoms with Crippen LogP contribution in [0.3, 0.4) is 0 Å². The molecule has 1 aromatic heterocycles. The Balaban J connectivity index is 2.27. The van der Waals surface area contributed by atoms with Crippen LogP contribution in [-0.2, 0) is 12.6 Å². The number of aliphatic imine (C=N–C) groups is 1. The van der Waals surface area contributed by atoms with Gasteiger partial charge in [0.05, 0.1) is 27.5 Å². The van der Waals surface area contributed by atoms with E-state index in [0.717, 1.165) is 16.9 Å². The van der Waals surface area contributed by atoms with E-state index in [1.165, 1.54) is 12.4 Å². The average molecular weight is 414 g/mol. The summed E-state index contributed by atoms with van der Waals surface area (Å²) in [6.45, 7) is 0. The summed E-state index contributed by atoms with van der Waals surface area (Å²) in [7, 11) is 0. The Bertz CT molecular complexity index is 987. The molecule has 0 aliphatic rings. The third kappa shape index (κ3) is 4.76. The molecule has 7 nitrogen and oxygen atoms in total. The Morgan fingerprint density at radius 1 is 1.26 bits per heavy atom. The highest BCUT2D eigenvalue weighted by molar-refractivity contribution is 6.37. The Kier molecular flexibility index (Phi) is 6.05. The summed E-state index contributed by atoms with van der Waals surface area (Å²) in [4.78, 5) is 4.74. The van der Waals surface area contributed by atoms with Crippen LogP contribution in [0.5, 0.6) is 0 Å². The van der Waals surface area contributed by atoms with Gasteiger partial charge in [0.1, 0.15) is 23.5 Å². The molecule has 0 aliphatic heterocycles. The van der Waals surface area contributed by atoms with Crippen molar-refractivity contribution < 1.29 is 13.2 Å². The normalized spacial score (nSPS) is 12.6. The van der Waals surface area contributed by atoms with E-state index in [9.17, 15) is 13.2 Å². The van der Waals surface area contributed by atoms with Crippen LogP contribution in [0.1, 0.15) is 11.3 Å². The topological polar surface area (TPSA) is 117 Å². The predicted molar refractivity (Wildman–Crippen MR) is 91.0 cm³/mol. The third-order valence-corrected chi connectivity index (χ3v) is 3.66. The summed E-state index contributed by atoms with van der Waals surface area (Å²) in [6, 6.07) is 4.71. The zero-order chi connectivity index (χ0) is 20.2. The van der Waals surface area contributed by atoms with Crippen LogP contribution in [0.4, 0.5) is 13.2 Å². The summed E-state index contributed by atoms with van der Waals surface area (Å²) in [5.41, 5.74) is 4.07. The standard InChI is InChI=1S/C15H8Cl2F3N7/c16-10-3-8(15(18,19)20)4-11(17)14(10)27-25-7-9(26-27)1-2-24-13(6-22)12(23)5-21/h2-4,7H,1,23H2/b13-12-,24-2-. The summed E-state index contributed by atoms with van der Waals surface area (Å²) in [5.74, 6) is 0. The van der Waals surface area contributed by atoms with Crippen molar-refractivity contribution in [3.63, 3.8) is 0 Å². The second kappa shape index (κ2) is 8.08. The van der Waals surface area contributed by atoms with Gasteiger partial charge in [-0.05, 0) is 12.1 Å². The Morgan fingerprint density at radius 2 is 1.89 bits per heavy atom. The molecule has 0 aliphatic carbocycles. The molecule has 0 amide bonds. The number of benzene rings is 1. The summed E-state index contributed by atoms with van der Waals surface area (Å²) < 4.78 is 38.3. The van der Waals surface area contributed by atoms with Crippen molar-refractivity contribution in [2.24, 2.45) is 10.7 Å². The molecule has 0 unspecified atom stereocenters. The smallest absolute Gasteiger partial charge is 0.388 e. The second-order valence-corrected chi connectivity index (χ2v) is 5.73. The summed E-state index contributed by atoms with van der Waals surface area (Å²) in [6.07, 6.45) is -1.88. The van der Waals surface area contributed by atoms with Gasteiger partial charge in [-0.1, -0.05) is 23.2 Å². The van der Waals surface area contributed by atoms with Crippen LogP contribution < -0.4 is 5.73 Å². The minimum atomic E-state index is -4.60. The first-order valence-corrected chi connectivity index (χ1v) is 7.73. The average Bonchev–Trinajstić information content (AvgIpc) is 3.05. The molecule has 1 aromatic carbocycles. The van der Waals surface area contributed by atoms with Crippen molar-refractivity contribution in [1.29, 1.82) is 10.5 Å². The number of nitriles is 2. The number of hydrogen-bond donors (Lipinski definition) is 1. The van der Waals surface area contributed by atoms with Gasteiger partial charge in [0.25, 0.3) is 0 Å². The number of hydrogen-bond acceptors (Lipinski definition) is 6. The van der Waals surface area contributed by atoms with Gasteiger partial charge in [0.2, 0.25) is 0 Å². The lowest BCUT2D eigenvalue weighted by molar-refractivity contribution is -0.137. The first kappa shape index (κ1) is 20.2. The Labute approximate surface area is 160 Å². The molecular weight excluding hydrogens is 406 g/mol. The molecule has 2 rings (SSSR count). The highest BCUT2D eigenvalue weighted by Gasteiger charge is 2.32. The number of aromatic nitrogens is 3. The first-order valence-electron chi connectivity index (χ1n) is 6.97. The van der Waals surface area contributed by atoms with Crippen LogP contribution >= 0.6 is 23.2 Å². The zero-order valence-corrected chi connectivity index (χ0v) is 14.7. The molecular formula is C15H8Cl2F3N7. The Hall–Kier alpha value is -3.08. The molecule has 0 radical (unpaired) electrons. The molecule has 0 saturated carbocycles. The summed E-state index contributed by atoms with van der Waals surface area (Å²) in [5, 5.41) is 24.9. The first-order chi connectivity index (χ1) is 12.7. The molecule has 0 spiro atoms. The van der Waals surface area contributed by atoms with E-state index in [0.29, 0.717) is 5.69 Å². The van der Waals surface area contributed by atoms with Crippen molar-refractivity contribution in [2.45, 2.75) is 12.6 Å². The molecule has 0 atom stereocenters. The lowest BCUT2D eigenvalue weighted by Crippen LogP contribution is -2.08. The van der Waals surface area contributed by atoms with Crippen molar-refractivity contribution >= 4 is 29.4 Å². The number of rotatable bonds is 4. The molecule has 0 fully saturated rings. The molecule has 2 N–H and O–H groups in total. The molecule has 27 heavy (non-hydrogen) atoms. The van der Waals surface area contributed by atoms with Gasteiger partial charge in [0, 0.05) is 12.6 Å². The maximum Gasteiger partial charge on any atom is 0.416 e. The summed E-state index contributed by atoms with van der Waals surface area (Å²) >= 11 is 11.8. The van der Waals surface area contributed by atoms with Crippen molar-refractivity contribution in [2.75, 3.05) is 0 Å². The highest BCUT2D eigenvalue weighted by Crippen LogP contribution is 2.37. The van der Waals surface area contributed by atoms with Crippen LogP contribution in [0.15, 0.2) is 34.7 Å². The lowest BCUT2D eigenvalue weighted by Gasteiger charge is -2.11. The van der Waals surface area contributed by atoms with E-state index in [1.54, 1.807) is 12.1 Å². The van der Waals surface area contributed by atoms with Crippen molar-refractivity contribution in [3.05, 3.63) is 51.0 Å². The number of allylic oxidation sites excluding steroid dienone is 2. The molecule has 2 aromatic rings. The zero-order valence-electron chi connectivity index (χ0n) is 13.2. The minimum absolute atomic E-state index is 0.0131. The van der Waals surface area contributed by atoms with E-state index >= 15 is 0 Å². The number of halogens is 5. The lowest BCUT2D eigenvalue weighted by atomic mass is 10.2. The van der Waals surface area contributed by atoms with Gasteiger partial charge in [-0.25, -0.2) is 4.99 Å². The van der Waals surface area contributed by atoms with Gasteiger partial charge in [-0.3, -0.25) is 0 Å². The number of alkyl halides is 3. The van der Waals surface area contributed by atoms with Gasteiger partial charge in [0.15, 0.2) is 5.70 Å². The van der Waals surface area contributed by atoms with Crippen molar-refractivity contribution in [3.8, 4) is 17.8 Å². The molecule has 12 heteroatoms. The van der Waals surface area contributed by atoms with Crippen molar-refractivity contribution in [1.82, 2.24) is 15.0 Å². The third-order valence-electron chi connectivity index (χ3n) is 3.09. The van der Waals surface area contributed by atoms with E-state index in [4.69, 9.17) is 39.5 Å². The van der Waals surface area contributed by atoms with Gasteiger partial charge in [-0.2, -0.15) is 33.9 Å². The largest absolute Gasteiger partial charge is 0.416 e. The quantitative estimate of drug-likeness (QED) is 0.608. The van der Waals surface area contributed by atoms with Crippen LogP contribution in [0.25, 0.3) is 5.69 Å². The SMILES string of the molecule is N#C/C(N)=C(C#N)/N=C\Cc1cnn(-c2c(Cl)cc(C(F)(F)F)cc2Cl)n1. The predicted octanol–water partition coefficient (Wildman–Crippen LogP) is 3.42. The van der Waals surface area contributed by atoms with Crippen LogP contribution in [0, 0.1) is 22.7 Å². The van der Waals surface area contributed by atoms with Crippen LogP contribution in [-0.4, -0.2) is 21.2 Å². The van der Waals surface area contributed by atoms with Gasteiger partial charge < -0.3 is 5.73 Å². The number of nitrogens with zero attached hydrogens (tertiary/aromatic N) is 6. The molecule has 0 saturated heterocycles. The molecule has 1 heterocycles. The fourth-order valence-electron chi connectivity index (χ4n) is 1.86. The van der Waals surface area contributed by atoms with E-state index in [-0.39, 0.29) is 33.5 Å². The highest BCUT2D eigenvalue weighted by atomic mass is 35.5. The van der Waals surface area contributed by atoms with Crippen LogP contribution in [0.2, 0.25) is 10.0 Å². The van der Waals surface area contributed by atoms with E-state index < -0.39 is 11.7 Å². The fraction of sp³-hybridized carbons (Fsp3) is 0.133. The van der Waals surface area contributed by atoms with E-state index in [1.807, 2.05) is 0 Å². The molecule has 138 valence electrons. The Morgan fingerprint density at radius 3 is 2.41 bits per heavy atom. The van der Waals surface area contributed by atoms with E-state index in [2.05, 4.69) is 15.2 Å². The minimum Gasteiger partial charge on any atom is -0.388 e. The maximum absolute atomic E-state index is 12.8. The van der Waals surface area contributed by atoms with Gasteiger partial charge >= 0.3 is 6.18 Å². The molecule has 0 bridgehead atoms. The van der Waals surface area contributed by atoms with Gasteiger partial charge in [-0.15, -0.1) is 4.80 Å².